The van der Waals surface area contributed by atoms with Crippen LogP contribution in [0.15, 0.2) is 40.3 Å². The number of carbonyl (C=O) groups excluding carboxylic acids is 2. The molecule has 0 radical (unpaired) electrons. The van der Waals surface area contributed by atoms with E-state index in [-0.39, 0.29) is 16.9 Å². The van der Waals surface area contributed by atoms with Crippen LogP contribution in [0.3, 0.4) is 0 Å². The Balaban J connectivity index is 2.38. The van der Waals surface area contributed by atoms with Crippen molar-refractivity contribution in [3.05, 3.63) is 52.8 Å². The van der Waals surface area contributed by atoms with Crippen LogP contribution < -0.4 is 11.1 Å². The van der Waals surface area contributed by atoms with Crippen molar-refractivity contribution in [3.63, 3.8) is 0 Å². The van der Waals surface area contributed by atoms with Gasteiger partial charge in [0.05, 0.1) is 5.56 Å². The van der Waals surface area contributed by atoms with Gasteiger partial charge >= 0.3 is 12.0 Å². The average Bonchev–Trinajstić information content (AvgIpc) is 3.00. The number of imide groups is 1. The summed E-state index contributed by atoms with van der Waals surface area (Å²) >= 11 is 0. The molecular formula is C17H13N3O5. The van der Waals surface area contributed by atoms with Gasteiger partial charge in [0.2, 0.25) is 0 Å². The fraction of sp³-hybridized carbons (Fsp3) is 0.0588. The zero-order chi connectivity index (χ0) is 18.6. The number of aromatic carboxylic acids is 1. The number of nitriles is 1. The molecule has 25 heavy (non-hydrogen) atoms. The molecule has 0 aliphatic rings. The first kappa shape index (κ1) is 17.5. The van der Waals surface area contributed by atoms with E-state index < -0.39 is 17.9 Å². The van der Waals surface area contributed by atoms with E-state index in [2.05, 4.69) is 0 Å². The van der Waals surface area contributed by atoms with Crippen molar-refractivity contribution >= 4 is 24.0 Å². The normalized spacial score (nSPS) is 10.8. The van der Waals surface area contributed by atoms with Crippen LogP contribution in [-0.4, -0.2) is 23.0 Å². The first-order chi connectivity index (χ1) is 11.8. The number of urea groups is 1. The van der Waals surface area contributed by atoms with Crippen molar-refractivity contribution in [1.29, 1.82) is 5.26 Å². The molecule has 0 fully saturated rings. The number of amides is 3. The molecule has 8 nitrogen and oxygen atoms in total. The summed E-state index contributed by atoms with van der Waals surface area (Å²) < 4.78 is 5.56. The van der Waals surface area contributed by atoms with Gasteiger partial charge in [-0.1, -0.05) is 12.1 Å². The SMILES string of the molecule is Cc1c(C(=O)O)cccc1-c1ccc(/C=C(/C#N)C(=O)NC(N)=O)o1. The molecule has 0 aliphatic heterocycles. The van der Waals surface area contributed by atoms with Gasteiger partial charge in [0, 0.05) is 11.6 Å². The Morgan fingerprint density at radius 1 is 1.28 bits per heavy atom. The van der Waals surface area contributed by atoms with Gasteiger partial charge in [0.25, 0.3) is 5.91 Å². The fourth-order valence-electron chi connectivity index (χ4n) is 2.18. The maximum Gasteiger partial charge on any atom is 0.335 e. The highest BCUT2D eigenvalue weighted by Gasteiger charge is 2.15. The number of primary amides is 1. The Labute approximate surface area is 142 Å². The summed E-state index contributed by atoms with van der Waals surface area (Å²) in [5.41, 5.74) is 5.70. The number of carbonyl (C=O) groups is 3. The van der Waals surface area contributed by atoms with Crippen molar-refractivity contribution in [2.75, 3.05) is 0 Å². The van der Waals surface area contributed by atoms with Gasteiger partial charge in [-0.2, -0.15) is 5.26 Å². The molecule has 1 heterocycles. The third kappa shape index (κ3) is 3.92. The van der Waals surface area contributed by atoms with Crippen molar-refractivity contribution < 1.29 is 23.9 Å². The Bertz CT molecular complexity index is 934. The lowest BCUT2D eigenvalue weighted by Gasteiger charge is -2.05. The lowest BCUT2D eigenvalue weighted by atomic mass is 10.0. The highest BCUT2D eigenvalue weighted by molar-refractivity contribution is 6.08. The second kappa shape index (κ2) is 7.14. The number of nitrogens with zero attached hydrogens (tertiary/aromatic N) is 1. The first-order valence-electron chi connectivity index (χ1n) is 6.99. The van der Waals surface area contributed by atoms with E-state index in [9.17, 15) is 14.4 Å². The van der Waals surface area contributed by atoms with Gasteiger partial charge in [-0.25, -0.2) is 9.59 Å². The van der Waals surface area contributed by atoms with Crippen LogP contribution in [0.25, 0.3) is 17.4 Å². The van der Waals surface area contributed by atoms with Crippen LogP contribution >= 0.6 is 0 Å². The number of carboxylic acids is 1. The molecule has 0 atom stereocenters. The number of rotatable bonds is 4. The molecule has 1 aromatic carbocycles. The summed E-state index contributed by atoms with van der Waals surface area (Å²) in [7, 11) is 0. The molecule has 0 bridgehead atoms. The van der Waals surface area contributed by atoms with Gasteiger partial charge in [-0.05, 0) is 30.7 Å². The van der Waals surface area contributed by atoms with Crippen LogP contribution in [0.1, 0.15) is 21.7 Å². The predicted octanol–water partition coefficient (Wildman–Crippen LogP) is 2.06. The molecule has 4 N–H and O–H groups in total. The maximum absolute atomic E-state index is 11.6. The van der Waals surface area contributed by atoms with Crippen molar-refractivity contribution in [2.24, 2.45) is 5.73 Å². The fourth-order valence-corrected chi connectivity index (χ4v) is 2.18. The molecule has 0 aliphatic carbocycles. The van der Waals surface area contributed by atoms with E-state index in [1.54, 1.807) is 36.5 Å². The molecule has 0 spiro atoms. The van der Waals surface area contributed by atoms with Gasteiger partial charge in [-0.15, -0.1) is 0 Å². The van der Waals surface area contributed by atoms with Crippen molar-refractivity contribution in [2.45, 2.75) is 6.92 Å². The summed E-state index contributed by atoms with van der Waals surface area (Å²) in [6.07, 6.45) is 1.15. The summed E-state index contributed by atoms with van der Waals surface area (Å²) in [5.74, 6) is -1.44. The smallest absolute Gasteiger partial charge is 0.335 e. The summed E-state index contributed by atoms with van der Waals surface area (Å²) in [4.78, 5) is 33.5. The maximum atomic E-state index is 11.6. The molecule has 0 saturated carbocycles. The predicted molar refractivity (Wildman–Crippen MR) is 87.2 cm³/mol. The van der Waals surface area contributed by atoms with Crippen LogP contribution in [0, 0.1) is 18.3 Å². The molecule has 3 amide bonds. The zero-order valence-electron chi connectivity index (χ0n) is 13.1. The minimum absolute atomic E-state index is 0.143. The van der Waals surface area contributed by atoms with E-state index in [1.807, 2.05) is 0 Å². The summed E-state index contributed by atoms with van der Waals surface area (Å²) in [6, 6.07) is 8.42. The highest BCUT2D eigenvalue weighted by Crippen LogP contribution is 2.28. The lowest BCUT2D eigenvalue weighted by molar-refractivity contribution is -0.116. The Morgan fingerprint density at radius 3 is 2.60 bits per heavy atom. The van der Waals surface area contributed by atoms with E-state index >= 15 is 0 Å². The van der Waals surface area contributed by atoms with Crippen LogP contribution in [0.5, 0.6) is 0 Å². The average molecular weight is 339 g/mol. The van der Waals surface area contributed by atoms with Gasteiger partial charge < -0.3 is 15.3 Å². The summed E-state index contributed by atoms with van der Waals surface area (Å²) in [6.45, 7) is 1.65. The lowest BCUT2D eigenvalue weighted by Crippen LogP contribution is -2.35. The first-order valence-corrected chi connectivity index (χ1v) is 6.99. The molecule has 2 aromatic rings. The van der Waals surface area contributed by atoms with Gasteiger partial charge in [0.15, 0.2) is 0 Å². The van der Waals surface area contributed by atoms with Crippen LogP contribution in [-0.2, 0) is 4.79 Å². The summed E-state index contributed by atoms with van der Waals surface area (Å²) in [5, 5.41) is 19.9. The monoisotopic (exact) mass is 339 g/mol. The number of carboxylic acid groups (broad SMARTS) is 1. The Morgan fingerprint density at radius 2 is 2.00 bits per heavy atom. The quantitative estimate of drug-likeness (QED) is 0.574. The van der Waals surface area contributed by atoms with E-state index in [0.717, 1.165) is 6.08 Å². The topological polar surface area (TPSA) is 146 Å². The molecule has 2 rings (SSSR count). The molecular weight excluding hydrogens is 326 g/mol. The third-order valence-corrected chi connectivity index (χ3v) is 3.34. The van der Waals surface area contributed by atoms with Gasteiger partial charge in [0.1, 0.15) is 23.2 Å². The van der Waals surface area contributed by atoms with E-state index in [1.165, 1.54) is 12.1 Å². The number of nitrogens with two attached hydrogens (primary N) is 1. The van der Waals surface area contributed by atoms with E-state index in [4.69, 9.17) is 20.5 Å². The van der Waals surface area contributed by atoms with Crippen LogP contribution in [0.2, 0.25) is 0 Å². The highest BCUT2D eigenvalue weighted by atomic mass is 16.4. The third-order valence-electron chi connectivity index (χ3n) is 3.34. The molecule has 8 heteroatoms. The van der Waals surface area contributed by atoms with Crippen molar-refractivity contribution in [3.8, 4) is 17.4 Å². The minimum Gasteiger partial charge on any atom is -0.478 e. The second-order valence-corrected chi connectivity index (χ2v) is 4.97. The zero-order valence-corrected chi connectivity index (χ0v) is 13.1. The Kier molecular flexibility index (Phi) is 5.00. The second-order valence-electron chi connectivity index (χ2n) is 4.97. The van der Waals surface area contributed by atoms with Gasteiger partial charge in [-0.3, -0.25) is 10.1 Å². The number of nitrogens with one attached hydrogen (secondary N) is 1. The largest absolute Gasteiger partial charge is 0.478 e. The molecule has 0 saturated heterocycles. The number of hydrogen-bond acceptors (Lipinski definition) is 5. The number of hydrogen-bond donors (Lipinski definition) is 3. The number of benzene rings is 1. The van der Waals surface area contributed by atoms with Crippen molar-refractivity contribution in [1.82, 2.24) is 5.32 Å². The van der Waals surface area contributed by atoms with Crippen LogP contribution in [0.4, 0.5) is 4.79 Å². The number of furan rings is 1. The molecule has 126 valence electrons. The molecule has 1 aromatic heterocycles. The standard InChI is InChI=1S/C17H13N3O5/c1-9-12(3-2-4-13(9)16(22)23)14-6-5-11(25-14)7-10(8-18)15(21)20-17(19)24/h2-7H,1H3,(H,22,23)(H3,19,20,21,24)/b10-7-. The Hall–Kier alpha value is -3.86. The van der Waals surface area contributed by atoms with E-state index in [0.29, 0.717) is 16.9 Å². The molecule has 0 unspecified atom stereocenters. The minimum atomic E-state index is -1.08.